The number of nitrogens with one attached hydrogen (secondary N) is 4. The van der Waals surface area contributed by atoms with E-state index >= 15 is 0 Å². The van der Waals surface area contributed by atoms with E-state index in [-0.39, 0.29) is 0 Å². The lowest BCUT2D eigenvalue weighted by Gasteiger charge is -2.24. The summed E-state index contributed by atoms with van der Waals surface area (Å²) in [6, 6.07) is 0. The molecule has 0 aliphatic rings. The van der Waals surface area contributed by atoms with E-state index in [0.29, 0.717) is 0 Å². The quantitative estimate of drug-likeness (QED) is 0.326. The van der Waals surface area contributed by atoms with Crippen molar-refractivity contribution in [2.24, 2.45) is 0 Å². The van der Waals surface area contributed by atoms with Gasteiger partial charge in [-0.3, -0.25) is 15.4 Å². The van der Waals surface area contributed by atoms with Gasteiger partial charge in [-0.2, -0.15) is 10.4 Å². The standard InChI is InChI=1S/C4H16N5OP/c1-5-7-11(10,8-6-2)9(3)4/h5-6H,1-4H3,(H2,7,8,10). The van der Waals surface area contributed by atoms with Gasteiger partial charge in [0.15, 0.2) is 0 Å². The molecule has 0 aromatic carbocycles. The second-order valence-electron chi connectivity index (χ2n) is 2.15. The molecule has 0 unspecified atom stereocenters. The maximum Gasteiger partial charge on any atom is 0.307 e. The van der Waals surface area contributed by atoms with Crippen LogP contribution >= 0.6 is 7.59 Å². The summed E-state index contributed by atoms with van der Waals surface area (Å²) in [6.45, 7) is 0. The van der Waals surface area contributed by atoms with E-state index in [1.807, 2.05) is 0 Å². The molecule has 0 heterocycles. The highest BCUT2D eigenvalue weighted by molar-refractivity contribution is 7.57. The largest absolute Gasteiger partial charge is 0.307 e. The van der Waals surface area contributed by atoms with Crippen LogP contribution in [0.15, 0.2) is 0 Å². The molecule has 0 saturated carbocycles. The monoisotopic (exact) mass is 181 g/mol. The Balaban J connectivity index is 4.14. The van der Waals surface area contributed by atoms with Crippen molar-refractivity contribution in [2.45, 2.75) is 0 Å². The maximum absolute atomic E-state index is 11.7. The molecular formula is C4H16N5OP. The zero-order chi connectivity index (χ0) is 8.91. The van der Waals surface area contributed by atoms with E-state index in [0.717, 1.165) is 0 Å². The summed E-state index contributed by atoms with van der Waals surface area (Å²) in [7, 11) is 4.08. The predicted molar refractivity (Wildman–Crippen MR) is 45.7 cm³/mol. The Kier molecular flexibility index (Phi) is 4.83. The molecule has 4 N–H and O–H groups in total. The van der Waals surface area contributed by atoms with Crippen LogP contribution in [-0.2, 0) is 4.57 Å². The summed E-state index contributed by atoms with van der Waals surface area (Å²) in [5, 5.41) is 5.23. The summed E-state index contributed by atoms with van der Waals surface area (Å²) in [5.74, 6) is 0. The number of hydrogen-bond acceptors (Lipinski definition) is 3. The van der Waals surface area contributed by atoms with Crippen molar-refractivity contribution in [3.05, 3.63) is 0 Å². The third-order valence-corrected chi connectivity index (χ3v) is 3.27. The van der Waals surface area contributed by atoms with E-state index in [1.165, 1.54) is 0 Å². The van der Waals surface area contributed by atoms with Gasteiger partial charge in [-0.15, -0.1) is 0 Å². The van der Waals surface area contributed by atoms with E-state index in [9.17, 15) is 4.57 Å². The first-order valence-corrected chi connectivity index (χ1v) is 4.88. The lowest BCUT2D eigenvalue weighted by atomic mass is 11.3. The van der Waals surface area contributed by atoms with Gasteiger partial charge < -0.3 is 0 Å². The van der Waals surface area contributed by atoms with Crippen molar-refractivity contribution in [3.63, 3.8) is 0 Å². The maximum atomic E-state index is 11.7. The summed E-state index contributed by atoms with van der Waals surface area (Å²) < 4.78 is 13.3. The lowest BCUT2D eigenvalue weighted by molar-refractivity contribution is 0.467. The Bertz CT molecular complexity index is 139. The van der Waals surface area contributed by atoms with Gasteiger partial charge in [-0.05, 0) is 28.2 Å². The summed E-state index contributed by atoms with van der Waals surface area (Å²) in [5.41, 5.74) is 5.23. The van der Waals surface area contributed by atoms with Gasteiger partial charge in [-0.25, -0.2) is 4.67 Å². The molecule has 0 aromatic rings. The van der Waals surface area contributed by atoms with E-state index in [1.54, 1.807) is 32.9 Å². The number of nitrogens with zero attached hydrogens (tertiary/aromatic N) is 1. The predicted octanol–water partition coefficient (Wildman–Crippen LogP) is -0.896. The molecule has 0 aromatic heterocycles. The van der Waals surface area contributed by atoms with Crippen molar-refractivity contribution in [2.75, 3.05) is 28.2 Å². The molecule has 0 radical (unpaired) electrons. The van der Waals surface area contributed by atoms with Crippen LogP contribution in [0, 0.1) is 0 Å². The zero-order valence-corrected chi connectivity index (χ0v) is 8.20. The zero-order valence-electron chi connectivity index (χ0n) is 7.30. The first kappa shape index (κ1) is 11.0. The average Bonchev–Trinajstić information content (AvgIpc) is 1.88. The molecule has 0 aliphatic heterocycles. The normalized spacial score (nSPS) is 12.5. The molecule has 6 nitrogen and oxygen atoms in total. The Labute approximate surface area is 67.2 Å². The number of hydrazine groups is 2. The first-order valence-electron chi connectivity index (χ1n) is 3.22. The average molecular weight is 181 g/mol. The van der Waals surface area contributed by atoms with Crippen molar-refractivity contribution in [1.29, 1.82) is 0 Å². The van der Waals surface area contributed by atoms with Crippen LogP contribution in [0.5, 0.6) is 0 Å². The fourth-order valence-electron chi connectivity index (χ4n) is 0.531. The van der Waals surface area contributed by atoms with Crippen LogP contribution in [0.2, 0.25) is 0 Å². The molecule has 11 heavy (non-hydrogen) atoms. The van der Waals surface area contributed by atoms with Crippen molar-refractivity contribution in [3.8, 4) is 0 Å². The molecule has 0 atom stereocenters. The highest BCUT2D eigenvalue weighted by Crippen LogP contribution is 2.35. The first-order chi connectivity index (χ1) is 5.06. The summed E-state index contributed by atoms with van der Waals surface area (Å²) in [4.78, 5) is 0. The van der Waals surface area contributed by atoms with Crippen LogP contribution < -0.4 is 21.2 Å². The second kappa shape index (κ2) is 4.82. The molecule has 0 bridgehead atoms. The number of rotatable bonds is 5. The van der Waals surface area contributed by atoms with Crippen LogP contribution in [0.25, 0.3) is 0 Å². The Hall–Kier alpha value is 0.0300. The smallest absolute Gasteiger partial charge is 0.268 e. The molecular weight excluding hydrogens is 165 g/mol. The Morgan fingerprint density at radius 3 is 1.64 bits per heavy atom. The van der Waals surface area contributed by atoms with Crippen molar-refractivity contribution < 1.29 is 4.57 Å². The third kappa shape index (κ3) is 3.29. The molecule has 0 fully saturated rings. The molecule has 0 rings (SSSR count). The number of hydrogen-bond donors (Lipinski definition) is 4. The molecule has 0 spiro atoms. The molecule has 68 valence electrons. The van der Waals surface area contributed by atoms with Crippen LogP contribution in [0.3, 0.4) is 0 Å². The van der Waals surface area contributed by atoms with E-state index < -0.39 is 7.59 Å². The fourth-order valence-corrected chi connectivity index (χ4v) is 1.59. The van der Waals surface area contributed by atoms with E-state index in [4.69, 9.17) is 0 Å². The minimum absolute atomic E-state index is 1.57. The van der Waals surface area contributed by atoms with Gasteiger partial charge in [0.2, 0.25) is 0 Å². The third-order valence-electron chi connectivity index (χ3n) is 1.09. The van der Waals surface area contributed by atoms with Gasteiger partial charge in [0, 0.05) is 0 Å². The molecule has 7 heteroatoms. The van der Waals surface area contributed by atoms with Crippen LogP contribution in [0.1, 0.15) is 0 Å². The van der Waals surface area contributed by atoms with Crippen molar-refractivity contribution >= 4 is 7.59 Å². The van der Waals surface area contributed by atoms with E-state index in [2.05, 4.69) is 21.2 Å². The van der Waals surface area contributed by atoms with Gasteiger partial charge in [0.05, 0.1) is 0 Å². The molecule has 0 saturated heterocycles. The van der Waals surface area contributed by atoms with Gasteiger partial charge in [-0.1, -0.05) is 0 Å². The highest BCUT2D eigenvalue weighted by atomic mass is 31.2. The summed E-state index contributed by atoms with van der Waals surface area (Å²) in [6.07, 6.45) is 0. The SMILES string of the molecule is CNNP(=O)(NNC)N(C)C. The van der Waals surface area contributed by atoms with Gasteiger partial charge >= 0.3 is 7.59 Å². The lowest BCUT2D eigenvalue weighted by Crippen LogP contribution is -2.41. The molecule has 0 amide bonds. The second-order valence-corrected chi connectivity index (χ2v) is 4.55. The van der Waals surface area contributed by atoms with Gasteiger partial charge in [0.1, 0.15) is 0 Å². The molecule has 0 aliphatic carbocycles. The highest BCUT2D eigenvalue weighted by Gasteiger charge is 2.22. The van der Waals surface area contributed by atoms with Crippen LogP contribution in [-0.4, -0.2) is 32.9 Å². The topological polar surface area (TPSA) is 68.4 Å². The minimum atomic E-state index is -2.68. The minimum Gasteiger partial charge on any atom is -0.268 e. The fraction of sp³-hybridized carbons (Fsp3) is 1.00. The summed E-state index contributed by atoms with van der Waals surface area (Å²) >= 11 is 0. The Morgan fingerprint density at radius 2 is 1.45 bits per heavy atom. The Morgan fingerprint density at radius 1 is 1.09 bits per heavy atom. The van der Waals surface area contributed by atoms with Gasteiger partial charge in [0.25, 0.3) is 0 Å². The van der Waals surface area contributed by atoms with Crippen LogP contribution in [0.4, 0.5) is 0 Å². The van der Waals surface area contributed by atoms with Crippen molar-refractivity contribution in [1.82, 2.24) is 25.9 Å².